The Balaban J connectivity index is 1.70. The number of hydrogen-bond acceptors (Lipinski definition) is 7. The lowest BCUT2D eigenvalue weighted by Gasteiger charge is -2.30. The van der Waals surface area contributed by atoms with Gasteiger partial charge in [0.15, 0.2) is 5.11 Å². The van der Waals surface area contributed by atoms with E-state index in [1.807, 2.05) is 18.2 Å². The molecule has 2 amide bonds. The number of rotatable bonds is 6. The van der Waals surface area contributed by atoms with Crippen LogP contribution in [0.25, 0.3) is 6.08 Å². The predicted octanol–water partition coefficient (Wildman–Crippen LogP) is 3.53. The number of benzene rings is 2. The number of nitrogens with one attached hydrogen (secondary N) is 1. The van der Waals surface area contributed by atoms with E-state index in [0.717, 1.165) is 31.6 Å². The molecule has 0 atom stereocenters. The van der Waals surface area contributed by atoms with E-state index in [9.17, 15) is 9.59 Å². The average molecular weight is 482 g/mol. The number of nitrogens with zero attached hydrogens (tertiary/aromatic N) is 2. The van der Waals surface area contributed by atoms with Gasteiger partial charge in [0.05, 0.1) is 27.0 Å². The molecule has 4 rings (SSSR count). The summed E-state index contributed by atoms with van der Waals surface area (Å²) in [5.74, 6) is 0.404. The zero-order valence-electron chi connectivity index (χ0n) is 19.4. The van der Waals surface area contributed by atoms with E-state index in [-0.39, 0.29) is 10.7 Å². The van der Waals surface area contributed by atoms with Gasteiger partial charge in [-0.2, -0.15) is 0 Å². The third kappa shape index (κ3) is 4.56. The molecule has 0 saturated carbocycles. The van der Waals surface area contributed by atoms with Gasteiger partial charge < -0.3 is 19.1 Å². The molecule has 2 aliphatic heterocycles. The summed E-state index contributed by atoms with van der Waals surface area (Å²) in [6.45, 7) is 2.00. The second-order valence-electron chi connectivity index (χ2n) is 7.97. The van der Waals surface area contributed by atoms with Gasteiger partial charge in [-0.1, -0.05) is 0 Å². The molecule has 0 unspecified atom stereocenters. The van der Waals surface area contributed by atoms with E-state index < -0.39 is 11.8 Å². The van der Waals surface area contributed by atoms with Gasteiger partial charge in [0.25, 0.3) is 11.8 Å². The molecular weight excluding hydrogens is 454 g/mol. The minimum absolute atomic E-state index is 0.0250. The lowest BCUT2D eigenvalue weighted by molar-refractivity contribution is -0.122. The summed E-state index contributed by atoms with van der Waals surface area (Å²) in [4.78, 5) is 29.8. The third-order valence-corrected chi connectivity index (χ3v) is 6.25. The van der Waals surface area contributed by atoms with Crippen LogP contribution in [-0.2, 0) is 9.59 Å². The van der Waals surface area contributed by atoms with Crippen molar-refractivity contribution in [2.45, 2.75) is 19.3 Å². The van der Waals surface area contributed by atoms with Crippen LogP contribution in [0.2, 0.25) is 0 Å². The van der Waals surface area contributed by atoms with E-state index >= 15 is 0 Å². The number of anilines is 2. The normalized spacial score (nSPS) is 17.6. The fourth-order valence-electron chi connectivity index (χ4n) is 4.17. The molecule has 0 bridgehead atoms. The van der Waals surface area contributed by atoms with Crippen molar-refractivity contribution in [2.75, 3.05) is 44.2 Å². The SMILES string of the molecule is COc1ccc(N2C(=O)/C(=C/c3ccc(N4CCCCC4)cc3OC)C(=O)NC2=S)c(OC)c1. The van der Waals surface area contributed by atoms with Crippen LogP contribution in [0.4, 0.5) is 11.4 Å². The molecule has 8 nitrogen and oxygen atoms in total. The number of amides is 2. The summed E-state index contributed by atoms with van der Waals surface area (Å²) in [5.41, 5.74) is 2.02. The van der Waals surface area contributed by atoms with E-state index in [2.05, 4.69) is 10.2 Å². The Morgan fingerprint density at radius 2 is 1.65 bits per heavy atom. The largest absolute Gasteiger partial charge is 0.497 e. The fraction of sp³-hybridized carbons (Fsp3) is 0.320. The lowest BCUT2D eigenvalue weighted by Crippen LogP contribution is -2.54. The maximum atomic E-state index is 13.5. The van der Waals surface area contributed by atoms with Gasteiger partial charge >= 0.3 is 0 Å². The van der Waals surface area contributed by atoms with Crippen LogP contribution in [-0.4, -0.2) is 51.3 Å². The molecule has 1 N–H and O–H groups in total. The Morgan fingerprint density at radius 3 is 2.32 bits per heavy atom. The molecule has 0 spiro atoms. The van der Waals surface area contributed by atoms with Crippen LogP contribution < -0.4 is 29.3 Å². The minimum Gasteiger partial charge on any atom is -0.497 e. The van der Waals surface area contributed by atoms with E-state index in [1.165, 1.54) is 31.6 Å². The second kappa shape index (κ2) is 10.1. The molecule has 0 aliphatic carbocycles. The first-order chi connectivity index (χ1) is 16.5. The molecule has 2 heterocycles. The average Bonchev–Trinajstić information content (AvgIpc) is 2.87. The summed E-state index contributed by atoms with van der Waals surface area (Å²) in [7, 11) is 4.60. The minimum atomic E-state index is -0.569. The Labute approximate surface area is 204 Å². The highest BCUT2D eigenvalue weighted by Gasteiger charge is 2.36. The van der Waals surface area contributed by atoms with Gasteiger partial charge in [-0.25, -0.2) is 4.90 Å². The van der Waals surface area contributed by atoms with E-state index in [0.29, 0.717) is 28.5 Å². The first-order valence-corrected chi connectivity index (χ1v) is 11.4. The van der Waals surface area contributed by atoms with Crippen molar-refractivity contribution in [1.29, 1.82) is 0 Å². The smallest absolute Gasteiger partial charge is 0.270 e. The van der Waals surface area contributed by atoms with Crippen molar-refractivity contribution in [2.24, 2.45) is 0 Å². The highest BCUT2D eigenvalue weighted by molar-refractivity contribution is 7.80. The number of thiocarbonyl (C=S) groups is 1. The topological polar surface area (TPSA) is 80.3 Å². The summed E-state index contributed by atoms with van der Waals surface area (Å²) in [6.07, 6.45) is 5.09. The van der Waals surface area contributed by atoms with Crippen molar-refractivity contribution in [3.63, 3.8) is 0 Å². The predicted molar refractivity (Wildman–Crippen MR) is 135 cm³/mol. The first-order valence-electron chi connectivity index (χ1n) is 11.0. The highest BCUT2D eigenvalue weighted by atomic mass is 32.1. The summed E-state index contributed by atoms with van der Waals surface area (Å²) < 4.78 is 16.3. The zero-order chi connectivity index (χ0) is 24.2. The van der Waals surface area contributed by atoms with Crippen LogP contribution in [0.5, 0.6) is 17.2 Å². The Morgan fingerprint density at radius 1 is 0.912 bits per heavy atom. The van der Waals surface area contributed by atoms with Crippen molar-refractivity contribution in [3.8, 4) is 17.2 Å². The van der Waals surface area contributed by atoms with Crippen LogP contribution >= 0.6 is 12.2 Å². The van der Waals surface area contributed by atoms with Gasteiger partial charge in [-0.15, -0.1) is 0 Å². The molecule has 2 aromatic rings. The summed E-state index contributed by atoms with van der Waals surface area (Å²) >= 11 is 5.32. The maximum absolute atomic E-state index is 13.5. The summed E-state index contributed by atoms with van der Waals surface area (Å²) in [6, 6.07) is 10.8. The van der Waals surface area contributed by atoms with Crippen molar-refractivity contribution >= 4 is 46.6 Å². The Hall–Kier alpha value is -3.59. The number of carbonyl (C=O) groups is 2. The Kier molecular flexibility index (Phi) is 7.02. The van der Waals surface area contributed by atoms with Gasteiger partial charge in [-0.3, -0.25) is 14.9 Å². The molecule has 2 aliphatic rings. The molecule has 2 aromatic carbocycles. The van der Waals surface area contributed by atoms with Crippen LogP contribution in [0.3, 0.4) is 0 Å². The fourth-order valence-corrected chi connectivity index (χ4v) is 4.44. The molecule has 2 saturated heterocycles. The zero-order valence-corrected chi connectivity index (χ0v) is 20.2. The van der Waals surface area contributed by atoms with E-state index in [4.69, 9.17) is 26.4 Å². The third-order valence-electron chi connectivity index (χ3n) is 5.97. The number of ether oxygens (including phenoxy) is 3. The van der Waals surface area contributed by atoms with Gasteiger partial charge in [0, 0.05) is 36.5 Å². The molecule has 2 fully saturated rings. The lowest BCUT2D eigenvalue weighted by atomic mass is 10.0. The number of carbonyl (C=O) groups excluding carboxylic acids is 2. The number of piperidine rings is 1. The monoisotopic (exact) mass is 481 g/mol. The second-order valence-corrected chi connectivity index (χ2v) is 8.36. The van der Waals surface area contributed by atoms with Gasteiger partial charge in [-0.05, 0) is 61.8 Å². The van der Waals surface area contributed by atoms with Crippen molar-refractivity contribution < 1.29 is 23.8 Å². The van der Waals surface area contributed by atoms with Crippen molar-refractivity contribution in [1.82, 2.24) is 5.32 Å². The van der Waals surface area contributed by atoms with Gasteiger partial charge in [0.1, 0.15) is 22.8 Å². The Bertz CT molecular complexity index is 1160. The standard InChI is InChI=1S/C25H27N3O5S/c1-31-18-9-10-20(22(15-18)33-3)28-24(30)19(23(29)26-25(28)34)13-16-7-8-17(14-21(16)32-2)27-11-5-4-6-12-27/h7-10,13-15H,4-6,11-12H2,1-3H3,(H,26,29,34)/b19-13+. The molecule has 0 aromatic heterocycles. The first kappa shape index (κ1) is 23.6. The van der Waals surface area contributed by atoms with Crippen LogP contribution in [0.1, 0.15) is 24.8 Å². The van der Waals surface area contributed by atoms with Gasteiger partial charge in [0.2, 0.25) is 0 Å². The molecule has 0 radical (unpaired) electrons. The molecular formula is C25H27N3O5S. The maximum Gasteiger partial charge on any atom is 0.270 e. The number of methoxy groups -OCH3 is 3. The van der Waals surface area contributed by atoms with Crippen LogP contribution in [0.15, 0.2) is 42.0 Å². The summed E-state index contributed by atoms with van der Waals surface area (Å²) in [5, 5.41) is 2.58. The van der Waals surface area contributed by atoms with Crippen LogP contribution in [0, 0.1) is 0 Å². The quantitative estimate of drug-likeness (QED) is 0.384. The molecule has 34 heavy (non-hydrogen) atoms. The van der Waals surface area contributed by atoms with Crippen molar-refractivity contribution in [3.05, 3.63) is 47.5 Å². The molecule has 178 valence electrons. The highest BCUT2D eigenvalue weighted by Crippen LogP contribution is 2.35. The number of hydrogen-bond donors (Lipinski definition) is 1. The van der Waals surface area contributed by atoms with E-state index in [1.54, 1.807) is 25.3 Å². The molecule has 9 heteroatoms.